The van der Waals surface area contributed by atoms with E-state index >= 15 is 0 Å². The molecule has 1 fully saturated rings. The lowest BCUT2D eigenvalue weighted by molar-refractivity contribution is -0.136. The van der Waals surface area contributed by atoms with E-state index in [-0.39, 0.29) is 31.3 Å². The Morgan fingerprint density at radius 3 is 2.79 bits per heavy atom. The Labute approximate surface area is 138 Å². The number of benzene rings is 1. The van der Waals surface area contributed by atoms with Gasteiger partial charge in [-0.2, -0.15) is 0 Å². The van der Waals surface area contributed by atoms with Gasteiger partial charge in [-0.25, -0.2) is 4.79 Å². The van der Waals surface area contributed by atoms with Crippen molar-refractivity contribution in [2.24, 2.45) is 0 Å². The first-order chi connectivity index (χ1) is 11.4. The molecule has 8 heteroatoms. The summed E-state index contributed by atoms with van der Waals surface area (Å²) in [6.07, 6.45) is -0.499. The number of carboxylic acid groups (broad SMARTS) is 1. The highest BCUT2D eigenvalue weighted by Crippen LogP contribution is 2.28. The minimum atomic E-state index is -1.03. The molecule has 24 heavy (non-hydrogen) atoms. The fourth-order valence-corrected chi connectivity index (χ4v) is 3.07. The molecule has 2 aliphatic heterocycles. The Bertz CT molecular complexity index is 745. The summed E-state index contributed by atoms with van der Waals surface area (Å²) in [4.78, 5) is 49.3. The van der Waals surface area contributed by atoms with Crippen LogP contribution >= 0.6 is 0 Å². The molecule has 2 heterocycles. The summed E-state index contributed by atoms with van der Waals surface area (Å²) in [6.45, 7) is 0.500. The molecule has 3 rings (SSSR count). The summed E-state index contributed by atoms with van der Waals surface area (Å²) >= 11 is 0. The Morgan fingerprint density at radius 1 is 1.38 bits per heavy atom. The van der Waals surface area contributed by atoms with E-state index in [4.69, 9.17) is 5.11 Å². The fraction of sp³-hybridized carbons (Fsp3) is 0.375. The molecule has 0 aromatic heterocycles. The van der Waals surface area contributed by atoms with Gasteiger partial charge in [0.1, 0.15) is 6.04 Å². The van der Waals surface area contributed by atoms with Crippen LogP contribution in [0.3, 0.4) is 0 Å². The molecule has 2 aliphatic rings. The number of nitrogens with one attached hydrogen (secondary N) is 1. The van der Waals surface area contributed by atoms with Gasteiger partial charge in [0.05, 0.1) is 0 Å². The van der Waals surface area contributed by atoms with Crippen molar-refractivity contribution in [2.45, 2.75) is 32.0 Å². The number of carbonyl (C=O) groups is 4. The molecular formula is C16H17N3O5. The van der Waals surface area contributed by atoms with E-state index < -0.39 is 18.0 Å². The average Bonchev–Trinajstić information content (AvgIpc) is 2.83. The largest absolute Gasteiger partial charge is 0.465 e. The van der Waals surface area contributed by atoms with Gasteiger partial charge in [-0.1, -0.05) is 12.1 Å². The van der Waals surface area contributed by atoms with Crippen LogP contribution < -0.4 is 5.32 Å². The Morgan fingerprint density at radius 2 is 2.12 bits per heavy atom. The number of imide groups is 1. The van der Waals surface area contributed by atoms with Crippen molar-refractivity contribution in [3.05, 3.63) is 34.9 Å². The van der Waals surface area contributed by atoms with Gasteiger partial charge < -0.3 is 14.9 Å². The monoisotopic (exact) mass is 331 g/mol. The van der Waals surface area contributed by atoms with Gasteiger partial charge in [0.2, 0.25) is 11.8 Å². The van der Waals surface area contributed by atoms with Crippen LogP contribution in [0, 0.1) is 0 Å². The molecule has 0 radical (unpaired) electrons. The van der Waals surface area contributed by atoms with Crippen molar-refractivity contribution < 1.29 is 24.3 Å². The highest BCUT2D eigenvalue weighted by atomic mass is 16.4. The van der Waals surface area contributed by atoms with Gasteiger partial charge in [-0.05, 0) is 23.6 Å². The number of fused-ring (bicyclic) bond motifs is 1. The van der Waals surface area contributed by atoms with E-state index in [1.54, 1.807) is 18.2 Å². The van der Waals surface area contributed by atoms with Gasteiger partial charge in [-0.3, -0.25) is 19.7 Å². The zero-order valence-corrected chi connectivity index (χ0v) is 13.1. The lowest BCUT2D eigenvalue weighted by Crippen LogP contribution is -2.52. The Kier molecular flexibility index (Phi) is 3.96. The number of nitrogens with zero attached hydrogens (tertiary/aromatic N) is 2. The highest BCUT2D eigenvalue weighted by Gasteiger charge is 2.39. The average molecular weight is 331 g/mol. The smallest absolute Gasteiger partial charge is 0.407 e. The molecule has 1 aromatic carbocycles. The fourth-order valence-electron chi connectivity index (χ4n) is 3.07. The molecule has 0 saturated carbocycles. The quantitative estimate of drug-likeness (QED) is 0.787. The number of piperidine rings is 1. The summed E-state index contributed by atoms with van der Waals surface area (Å²) < 4.78 is 0. The predicted molar refractivity (Wildman–Crippen MR) is 82.0 cm³/mol. The molecule has 0 aliphatic carbocycles. The van der Waals surface area contributed by atoms with Crippen molar-refractivity contribution in [3.63, 3.8) is 0 Å². The van der Waals surface area contributed by atoms with E-state index in [9.17, 15) is 19.2 Å². The van der Waals surface area contributed by atoms with Crippen molar-refractivity contribution in [1.82, 2.24) is 15.1 Å². The van der Waals surface area contributed by atoms with Crippen LogP contribution in [0.5, 0.6) is 0 Å². The minimum absolute atomic E-state index is 0.213. The minimum Gasteiger partial charge on any atom is -0.465 e. The SMILES string of the molecule is CN(Cc1ccc2c(c1)CN(C1CCC(=O)NC1=O)C2=O)C(=O)O. The van der Waals surface area contributed by atoms with Crippen LogP contribution in [0.25, 0.3) is 0 Å². The van der Waals surface area contributed by atoms with E-state index in [1.165, 1.54) is 11.9 Å². The van der Waals surface area contributed by atoms with Crippen LogP contribution in [0.1, 0.15) is 34.3 Å². The standard InChI is InChI=1S/C16H17N3O5/c1-18(16(23)24)7-9-2-3-11-10(6-9)8-19(15(11)22)12-4-5-13(20)17-14(12)21/h2-3,6,12H,4-5,7-8H2,1H3,(H,23,24)(H,17,20,21). The molecule has 0 spiro atoms. The van der Waals surface area contributed by atoms with Crippen LogP contribution in [0.2, 0.25) is 0 Å². The molecule has 1 unspecified atom stereocenters. The first-order valence-electron chi connectivity index (χ1n) is 7.57. The van der Waals surface area contributed by atoms with E-state index in [2.05, 4.69) is 5.32 Å². The molecule has 0 bridgehead atoms. The van der Waals surface area contributed by atoms with Crippen molar-refractivity contribution in [1.29, 1.82) is 0 Å². The number of carbonyl (C=O) groups excluding carboxylic acids is 3. The van der Waals surface area contributed by atoms with Crippen LogP contribution in [-0.2, 0) is 22.7 Å². The summed E-state index contributed by atoms with van der Waals surface area (Å²) in [6, 6.07) is 4.52. The second kappa shape index (κ2) is 5.95. The van der Waals surface area contributed by atoms with Gasteiger partial charge in [0.15, 0.2) is 0 Å². The van der Waals surface area contributed by atoms with E-state index in [0.717, 1.165) is 16.0 Å². The molecular weight excluding hydrogens is 314 g/mol. The van der Waals surface area contributed by atoms with Crippen molar-refractivity contribution >= 4 is 23.8 Å². The topological polar surface area (TPSA) is 107 Å². The van der Waals surface area contributed by atoms with Gasteiger partial charge >= 0.3 is 6.09 Å². The molecule has 1 saturated heterocycles. The van der Waals surface area contributed by atoms with Gasteiger partial charge in [0.25, 0.3) is 5.91 Å². The van der Waals surface area contributed by atoms with Gasteiger partial charge in [0, 0.05) is 32.1 Å². The first kappa shape index (κ1) is 16.0. The molecule has 1 aromatic rings. The van der Waals surface area contributed by atoms with Gasteiger partial charge in [-0.15, -0.1) is 0 Å². The molecule has 8 nitrogen and oxygen atoms in total. The number of rotatable bonds is 3. The number of amides is 4. The lowest BCUT2D eigenvalue weighted by atomic mass is 10.0. The first-order valence-corrected chi connectivity index (χ1v) is 7.57. The summed E-state index contributed by atoms with van der Waals surface area (Å²) in [5.74, 6) is -1.00. The molecule has 126 valence electrons. The van der Waals surface area contributed by atoms with Crippen molar-refractivity contribution in [3.8, 4) is 0 Å². The van der Waals surface area contributed by atoms with E-state index in [1.807, 2.05) is 0 Å². The summed E-state index contributed by atoms with van der Waals surface area (Å²) in [7, 11) is 1.47. The third-order valence-electron chi connectivity index (χ3n) is 4.33. The number of hydrogen-bond acceptors (Lipinski definition) is 4. The normalized spacial score (nSPS) is 20.0. The maximum absolute atomic E-state index is 12.5. The molecule has 1 atom stereocenters. The third kappa shape index (κ3) is 2.82. The van der Waals surface area contributed by atoms with Crippen molar-refractivity contribution in [2.75, 3.05) is 7.05 Å². The lowest BCUT2D eigenvalue weighted by Gasteiger charge is -2.29. The third-order valence-corrected chi connectivity index (χ3v) is 4.33. The zero-order chi connectivity index (χ0) is 17.4. The predicted octanol–water partition coefficient (Wildman–Crippen LogP) is 0.557. The maximum Gasteiger partial charge on any atom is 0.407 e. The van der Waals surface area contributed by atoms with Crippen LogP contribution in [0.4, 0.5) is 4.79 Å². The maximum atomic E-state index is 12.5. The highest BCUT2D eigenvalue weighted by molar-refractivity contribution is 6.05. The second-order valence-electron chi connectivity index (χ2n) is 6.03. The summed E-state index contributed by atoms with van der Waals surface area (Å²) in [5, 5.41) is 11.2. The molecule has 2 N–H and O–H groups in total. The summed E-state index contributed by atoms with van der Waals surface area (Å²) in [5.41, 5.74) is 2.05. The Balaban J connectivity index is 1.78. The number of hydrogen-bond donors (Lipinski definition) is 2. The molecule has 4 amide bonds. The zero-order valence-electron chi connectivity index (χ0n) is 13.1. The van der Waals surface area contributed by atoms with Crippen LogP contribution in [0.15, 0.2) is 18.2 Å². The Hall–Kier alpha value is -2.90. The van der Waals surface area contributed by atoms with Crippen LogP contribution in [-0.4, -0.2) is 51.8 Å². The second-order valence-corrected chi connectivity index (χ2v) is 6.03. The van der Waals surface area contributed by atoms with E-state index in [0.29, 0.717) is 12.0 Å².